The van der Waals surface area contributed by atoms with Gasteiger partial charge in [-0.1, -0.05) is 0 Å². The summed E-state index contributed by atoms with van der Waals surface area (Å²) < 4.78 is 21.6. The number of hydrogen-bond acceptors (Lipinski definition) is 4. The standard InChI is InChI=1S/C10H13NO4S/c1-16(14,15)7-6-11-10(13)8-2-4-9(12)5-3-8/h2-5,12H,6-7H2,1H3,(H,11,13). The number of amides is 1. The number of nitrogens with one attached hydrogen (secondary N) is 1. The van der Waals surface area contributed by atoms with Crippen LogP contribution in [0.3, 0.4) is 0 Å². The maximum Gasteiger partial charge on any atom is 0.251 e. The van der Waals surface area contributed by atoms with E-state index in [2.05, 4.69) is 5.32 Å². The Morgan fingerprint density at radius 2 is 1.88 bits per heavy atom. The van der Waals surface area contributed by atoms with E-state index in [1.54, 1.807) is 0 Å². The fourth-order valence-electron chi connectivity index (χ4n) is 1.06. The zero-order valence-corrected chi connectivity index (χ0v) is 9.62. The molecule has 16 heavy (non-hydrogen) atoms. The SMILES string of the molecule is CS(=O)(=O)CCNC(=O)c1ccc(O)cc1. The Balaban J connectivity index is 2.50. The number of rotatable bonds is 4. The summed E-state index contributed by atoms with van der Waals surface area (Å²) in [7, 11) is -3.06. The van der Waals surface area contributed by atoms with Crippen molar-refractivity contribution in [1.29, 1.82) is 0 Å². The van der Waals surface area contributed by atoms with Crippen LogP contribution in [-0.4, -0.2) is 38.0 Å². The molecule has 0 aromatic heterocycles. The van der Waals surface area contributed by atoms with Crippen molar-refractivity contribution in [3.63, 3.8) is 0 Å². The fourth-order valence-corrected chi connectivity index (χ4v) is 1.54. The molecule has 1 amide bonds. The molecule has 1 aromatic carbocycles. The van der Waals surface area contributed by atoms with Crippen LogP contribution in [0.25, 0.3) is 0 Å². The van der Waals surface area contributed by atoms with E-state index in [4.69, 9.17) is 5.11 Å². The minimum Gasteiger partial charge on any atom is -0.508 e. The van der Waals surface area contributed by atoms with Gasteiger partial charge in [0.2, 0.25) is 0 Å². The molecule has 6 heteroatoms. The molecule has 0 radical (unpaired) electrons. The molecule has 0 spiro atoms. The van der Waals surface area contributed by atoms with E-state index in [0.29, 0.717) is 5.56 Å². The molecule has 0 unspecified atom stereocenters. The normalized spacial score (nSPS) is 11.1. The van der Waals surface area contributed by atoms with E-state index in [0.717, 1.165) is 6.26 Å². The Labute approximate surface area is 94.0 Å². The van der Waals surface area contributed by atoms with Gasteiger partial charge >= 0.3 is 0 Å². The summed E-state index contributed by atoms with van der Waals surface area (Å²) in [4.78, 5) is 11.5. The predicted octanol–water partition coefficient (Wildman–Crippen LogP) is 0.167. The van der Waals surface area contributed by atoms with Crippen molar-refractivity contribution >= 4 is 15.7 Å². The van der Waals surface area contributed by atoms with Crippen LogP contribution in [0.15, 0.2) is 24.3 Å². The lowest BCUT2D eigenvalue weighted by molar-refractivity contribution is 0.0956. The average Bonchev–Trinajstić information content (AvgIpc) is 2.16. The van der Waals surface area contributed by atoms with E-state index in [9.17, 15) is 13.2 Å². The Hall–Kier alpha value is -1.56. The van der Waals surface area contributed by atoms with Crippen LogP contribution in [0.1, 0.15) is 10.4 Å². The predicted molar refractivity (Wildman–Crippen MR) is 60.2 cm³/mol. The maximum absolute atomic E-state index is 11.5. The van der Waals surface area contributed by atoms with Crippen LogP contribution in [0.4, 0.5) is 0 Å². The molecule has 0 saturated carbocycles. The molecule has 0 saturated heterocycles. The first-order valence-corrected chi connectivity index (χ1v) is 6.69. The summed E-state index contributed by atoms with van der Waals surface area (Å²) in [6.07, 6.45) is 1.11. The molecule has 0 aliphatic carbocycles. The third kappa shape index (κ3) is 4.31. The summed E-state index contributed by atoms with van der Waals surface area (Å²) in [5, 5.41) is 11.5. The topological polar surface area (TPSA) is 83.5 Å². The van der Waals surface area contributed by atoms with E-state index in [-0.39, 0.29) is 24.0 Å². The van der Waals surface area contributed by atoms with Crippen LogP contribution in [-0.2, 0) is 9.84 Å². The van der Waals surface area contributed by atoms with Crippen molar-refractivity contribution in [2.75, 3.05) is 18.6 Å². The molecule has 0 aliphatic heterocycles. The average molecular weight is 243 g/mol. The number of aromatic hydroxyl groups is 1. The van der Waals surface area contributed by atoms with Crippen molar-refractivity contribution < 1.29 is 18.3 Å². The highest BCUT2D eigenvalue weighted by Gasteiger charge is 2.06. The van der Waals surface area contributed by atoms with E-state index >= 15 is 0 Å². The third-order valence-electron chi connectivity index (χ3n) is 1.89. The maximum atomic E-state index is 11.5. The van der Waals surface area contributed by atoms with Crippen molar-refractivity contribution in [3.8, 4) is 5.75 Å². The van der Waals surface area contributed by atoms with Crippen LogP contribution in [0.5, 0.6) is 5.75 Å². The zero-order chi connectivity index (χ0) is 12.2. The number of sulfone groups is 1. The molecule has 0 heterocycles. The Morgan fingerprint density at radius 1 is 1.31 bits per heavy atom. The molecule has 2 N–H and O–H groups in total. The second-order valence-corrected chi connectivity index (χ2v) is 5.69. The largest absolute Gasteiger partial charge is 0.508 e. The highest BCUT2D eigenvalue weighted by atomic mass is 32.2. The molecule has 0 fully saturated rings. The number of benzene rings is 1. The smallest absolute Gasteiger partial charge is 0.251 e. The zero-order valence-electron chi connectivity index (χ0n) is 8.80. The van der Waals surface area contributed by atoms with Gasteiger partial charge in [-0.25, -0.2) is 8.42 Å². The monoisotopic (exact) mass is 243 g/mol. The number of hydrogen-bond donors (Lipinski definition) is 2. The number of phenols is 1. The molecule has 0 aliphatic rings. The molecular formula is C10H13NO4S. The molecule has 1 rings (SSSR count). The molecule has 0 bridgehead atoms. The lowest BCUT2D eigenvalue weighted by Gasteiger charge is -2.04. The first-order chi connectivity index (χ1) is 7.38. The quantitative estimate of drug-likeness (QED) is 0.789. The van der Waals surface area contributed by atoms with Crippen molar-refractivity contribution in [2.45, 2.75) is 0 Å². The van der Waals surface area contributed by atoms with Gasteiger partial charge in [0.05, 0.1) is 5.75 Å². The highest BCUT2D eigenvalue weighted by molar-refractivity contribution is 7.90. The second-order valence-electron chi connectivity index (χ2n) is 3.43. The number of carbonyl (C=O) groups excluding carboxylic acids is 1. The van der Waals surface area contributed by atoms with Gasteiger partial charge in [-0.3, -0.25) is 4.79 Å². The lowest BCUT2D eigenvalue weighted by atomic mass is 10.2. The summed E-state index contributed by atoms with van der Waals surface area (Å²) in [6.45, 7) is 0.0819. The molecule has 5 nitrogen and oxygen atoms in total. The van der Waals surface area contributed by atoms with Crippen LogP contribution < -0.4 is 5.32 Å². The van der Waals surface area contributed by atoms with Crippen molar-refractivity contribution in [2.24, 2.45) is 0 Å². The lowest BCUT2D eigenvalue weighted by Crippen LogP contribution is -2.28. The molecule has 0 atom stereocenters. The summed E-state index contributed by atoms with van der Waals surface area (Å²) in [5.74, 6) is -0.368. The van der Waals surface area contributed by atoms with E-state index in [1.165, 1.54) is 24.3 Å². The third-order valence-corrected chi connectivity index (χ3v) is 2.83. The fraction of sp³-hybridized carbons (Fsp3) is 0.300. The van der Waals surface area contributed by atoms with Gasteiger partial charge in [0.1, 0.15) is 15.6 Å². The number of phenolic OH excluding ortho intramolecular Hbond substituents is 1. The van der Waals surface area contributed by atoms with Crippen molar-refractivity contribution in [1.82, 2.24) is 5.32 Å². The van der Waals surface area contributed by atoms with Crippen LogP contribution in [0.2, 0.25) is 0 Å². The molecule has 88 valence electrons. The minimum absolute atomic E-state index is 0.0766. The van der Waals surface area contributed by atoms with Crippen LogP contribution in [0, 0.1) is 0 Å². The first-order valence-electron chi connectivity index (χ1n) is 4.63. The van der Waals surface area contributed by atoms with Gasteiger partial charge < -0.3 is 10.4 Å². The summed E-state index contributed by atoms with van der Waals surface area (Å²) >= 11 is 0. The molecular weight excluding hydrogens is 230 g/mol. The Kier molecular flexibility index (Phi) is 3.89. The molecule has 1 aromatic rings. The van der Waals surface area contributed by atoms with Crippen LogP contribution >= 0.6 is 0 Å². The Bertz CT molecular complexity index is 464. The first kappa shape index (κ1) is 12.5. The van der Waals surface area contributed by atoms with Gasteiger partial charge in [-0.2, -0.15) is 0 Å². The van der Waals surface area contributed by atoms with E-state index < -0.39 is 9.84 Å². The van der Waals surface area contributed by atoms with Gasteiger partial charge in [-0.15, -0.1) is 0 Å². The van der Waals surface area contributed by atoms with Gasteiger partial charge in [0, 0.05) is 18.4 Å². The summed E-state index contributed by atoms with van der Waals surface area (Å²) in [6, 6.07) is 5.72. The van der Waals surface area contributed by atoms with Gasteiger partial charge in [0.15, 0.2) is 0 Å². The minimum atomic E-state index is -3.06. The number of carbonyl (C=O) groups is 1. The Morgan fingerprint density at radius 3 is 2.38 bits per heavy atom. The highest BCUT2D eigenvalue weighted by Crippen LogP contribution is 2.09. The van der Waals surface area contributed by atoms with Crippen molar-refractivity contribution in [3.05, 3.63) is 29.8 Å². The second kappa shape index (κ2) is 4.98. The summed E-state index contributed by atoms with van der Waals surface area (Å²) in [5.41, 5.74) is 0.381. The van der Waals surface area contributed by atoms with Gasteiger partial charge in [-0.05, 0) is 24.3 Å². The van der Waals surface area contributed by atoms with Gasteiger partial charge in [0.25, 0.3) is 5.91 Å². The van der Waals surface area contributed by atoms with E-state index in [1.807, 2.05) is 0 Å².